The summed E-state index contributed by atoms with van der Waals surface area (Å²) in [6, 6.07) is 5.59. The lowest BCUT2D eigenvalue weighted by Gasteiger charge is -2.32. The molecule has 8 heteroatoms. The van der Waals surface area contributed by atoms with Gasteiger partial charge in [0.25, 0.3) is 11.6 Å². The predicted molar refractivity (Wildman–Crippen MR) is 72.5 cm³/mol. The van der Waals surface area contributed by atoms with Crippen LogP contribution in [0.4, 0.5) is 13.2 Å². The van der Waals surface area contributed by atoms with Crippen LogP contribution in [0.2, 0.25) is 0 Å². The van der Waals surface area contributed by atoms with E-state index in [0.29, 0.717) is 12.4 Å². The van der Waals surface area contributed by atoms with Gasteiger partial charge in [-0.3, -0.25) is 4.79 Å². The van der Waals surface area contributed by atoms with E-state index in [4.69, 9.17) is 4.74 Å². The van der Waals surface area contributed by atoms with Gasteiger partial charge in [-0.25, -0.2) is 0 Å². The highest BCUT2D eigenvalue weighted by Crippen LogP contribution is 2.40. The zero-order valence-corrected chi connectivity index (χ0v) is 12.0. The minimum Gasteiger partial charge on any atom is -0.494 e. The molecule has 0 fully saturated rings. The number of hydrogen-bond donors (Lipinski definition) is 1. The van der Waals surface area contributed by atoms with Crippen molar-refractivity contribution in [1.82, 2.24) is 5.01 Å². The second-order valence-corrected chi connectivity index (χ2v) is 4.90. The lowest BCUT2D eigenvalue weighted by molar-refractivity contribution is -0.297. The number of nitrogens with zero attached hydrogens (tertiary/aromatic N) is 2. The fraction of sp³-hybridized carbons (Fsp3) is 0.429. The third-order valence-corrected chi connectivity index (χ3v) is 3.18. The largest absolute Gasteiger partial charge is 0.494 e. The first-order valence-electron chi connectivity index (χ1n) is 6.59. The molecule has 0 aliphatic carbocycles. The van der Waals surface area contributed by atoms with Gasteiger partial charge >= 0.3 is 6.18 Å². The molecule has 0 bridgehead atoms. The third-order valence-electron chi connectivity index (χ3n) is 3.18. The fourth-order valence-corrected chi connectivity index (χ4v) is 2.14. The standard InChI is InChI=1S/C14H15F3N2O3/c1-3-22-11-6-4-10(5-7-11)12(20)19-13(21,14(15,16)17)8-9(2)18-19/h4-7,21H,3,8H2,1-2H3. The topological polar surface area (TPSA) is 62.1 Å². The zero-order chi connectivity index (χ0) is 16.5. The number of amides is 1. The van der Waals surface area contributed by atoms with Gasteiger partial charge in [-0.15, -0.1) is 0 Å². The lowest BCUT2D eigenvalue weighted by atomic mass is 10.1. The van der Waals surface area contributed by atoms with Crippen LogP contribution < -0.4 is 4.74 Å². The first-order chi connectivity index (χ1) is 10.2. The Labute approximate surface area is 125 Å². The molecular formula is C14H15F3N2O3. The SMILES string of the molecule is CCOc1ccc(C(=O)N2N=C(C)CC2(O)C(F)(F)F)cc1. The molecule has 1 unspecified atom stereocenters. The normalized spacial score (nSPS) is 21.7. The number of rotatable bonds is 3. The molecule has 0 saturated heterocycles. The minimum absolute atomic E-state index is 0.0235. The zero-order valence-electron chi connectivity index (χ0n) is 12.0. The molecule has 0 spiro atoms. The Morgan fingerprint density at radius 3 is 2.50 bits per heavy atom. The van der Waals surface area contributed by atoms with Gasteiger partial charge in [0.05, 0.1) is 6.61 Å². The first kappa shape index (κ1) is 16.3. The van der Waals surface area contributed by atoms with Crippen molar-refractivity contribution in [2.75, 3.05) is 6.61 Å². The number of carbonyl (C=O) groups is 1. The molecule has 1 heterocycles. The molecule has 1 aromatic rings. The molecule has 0 aromatic heterocycles. The van der Waals surface area contributed by atoms with Crippen molar-refractivity contribution in [3.63, 3.8) is 0 Å². The smallest absolute Gasteiger partial charge is 0.438 e. The van der Waals surface area contributed by atoms with Crippen molar-refractivity contribution in [2.24, 2.45) is 5.10 Å². The summed E-state index contributed by atoms with van der Waals surface area (Å²) in [6.45, 7) is 3.53. The summed E-state index contributed by atoms with van der Waals surface area (Å²) in [5, 5.41) is 13.5. The van der Waals surface area contributed by atoms with Crippen LogP contribution >= 0.6 is 0 Å². The molecular weight excluding hydrogens is 301 g/mol. The summed E-state index contributed by atoms with van der Waals surface area (Å²) in [4.78, 5) is 12.2. The maximum absolute atomic E-state index is 13.1. The Balaban J connectivity index is 2.30. The van der Waals surface area contributed by atoms with E-state index in [1.807, 2.05) is 0 Å². The van der Waals surface area contributed by atoms with E-state index in [0.717, 1.165) is 0 Å². The van der Waals surface area contributed by atoms with Gasteiger partial charge in [-0.2, -0.15) is 23.3 Å². The van der Waals surface area contributed by atoms with Crippen molar-refractivity contribution in [3.8, 4) is 5.75 Å². The molecule has 1 amide bonds. The quantitative estimate of drug-likeness (QED) is 0.932. The van der Waals surface area contributed by atoms with Crippen molar-refractivity contribution in [2.45, 2.75) is 32.2 Å². The molecule has 1 atom stereocenters. The van der Waals surface area contributed by atoms with Gasteiger partial charge in [0.2, 0.25) is 0 Å². The molecule has 1 aliphatic heterocycles. The van der Waals surface area contributed by atoms with Gasteiger partial charge in [0, 0.05) is 17.7 Å². The van der Waals surface area contributed by atoms with Crippen molar-refractivity contribution >= 4 is 11.6 Å². The van der Waals surface area contributed by atoms with Crippen molar-refractivity contribution < 1.29 is 27.8 Å². The van der Waals surface area contributed by atoms with E-state index in [1.165, 1.54) is 31.2 Å². The maximum Gasteiger partial charge on any atom is 0.438 e. The number of carbonyl (C=O) groups excluding carboxylic acids is 1. The Bertz CT molecular complexity index is 598. The number of benzene rings is 1. The van der Waals surface area contributed by atoms with Crippen LogP contribution in [0.5, 0.6) is 5.75 Å². The van der Waals surface area contributed by atoms with Crippen LogP contribution in [0.15, 0.2) is 29.4 Å². The summed E-state index contributed by atoms with van der Waals surface area (Å²) in [5.41, 5.74) is -3.31. The first-order valence-corrected chi connectivity index (χ1v) is 6.59. The van der Waals surface area contributed by atoms with E-state index in [-0.39, 0.29) is 16.3 Å². The second-order valence-electron chi connectivity index (χ2n) is 4.90. The molecule has 22 heavy (non-hydrogen) atoms. The number of halogens is 3. The molecule has 120 valence electrons. The fourth-order valence-electron chi connectivity index (χ4n) is 2.14. The monoisotopic (exact) mass is 316 g/mol. The Hall–Kier alpha value is -2.09. The average molecular weight is 316 g/mol. The van der Waals surface area contributed by atoms with Gasteiger partial charge in [-0.05, 0) is 38.1 Å². The van der Waals surface area contributed by atoms with E-state index in [1.54, 1.807) is 6.92 Å². The molecule has 0 saturated carbocycles. The predicted octanol–water partition coefficient (Wildman–Crippen LogP) is 2.56. The lowest BCUT2D eigenvalue weighted by Crippen LogP contribution is -2.56. The highest BCUT2D eigenvalue weighted by Gasteiger charge is 2.62. The summed E-state index contributed by atoms with van der Waals surface area (Å²) in [7, 11) is 0. The minimum atomic E-state index is -5.00. The van der Waals surface area contributed by atoms with Crippen molar-refractivity contribution in [1.29, 1.82) is 0 Å². The number of hydrazone groups is 1. The van der Waals surface area contributed by atoms with E-state index in [2.05, 4.69) is 5.10 Å². The molecule has 1 aliphatic rings. The van der Waals surface area contributed by atoms with Gasteiger partial charge < -0.3 is 9.84 Å². The third kappa shape index (κ3) is 2.78. The van der Waals surface area contributed by atoms with Crippen LogP contribution in [-0.2, 0) is 0 Å². The van der Waals surface area contributed by atoms with Gasteiger partial charge in [0.15, 0.2) is 0 Å². The average Bonchev–Trinajstić information content (AvgIpc) is 2.75. The maximum atomic E-state index is 13.1. The van der Waals surface area contributed by atoms with Crippen molar-refractivity contribution in [3.05, 3.63) is 29.8 Å². The second kappa shape index (κ2) is 5.60. The molecule has 2 rings (SSSR count). The van der Waals surface area contributed by atoms with E-state index < -0.39 is 24.2 Å². The van der Waals surface area contributed by atoms with Crippen LogP contribution in [0, 0.1) is 0 Å². The highest BCUT2D eigenvalue weighted by molar-refractivity contribution is 5.97. The summed E-state index contributed by atoms with van der Waals surface area (Å²) >= 11 is 0. The molecule has 5 nitrogen and oxygen atoms in total. The number of aliphatic hydroxyl groups is 1. The number of alkyl halides is 3. The van der Waals surface area contributed by atoms with Crippen LogP contribution in [0.1, 0.15) is 30.6 Å². The molecule has 0 radical (unpaired) electrons. The Kier molecular flexibility index (Phi) is 4.15. The van der Waals surface area contributed by atoms with E-state index in [9.17, 15) is 23.1 Å². The van der Waals surface area contributed by atoms with Gasteiger partial charge in [-0.1, -0.05) is 0 Å². The number of hydrogen-bond acceptors (Lipinski definition) is 4. The highest BCUT2D eigenvalue weighted by atomic mass is 19.4. The molecule has 1 N–H and O–H groups in total. The summed E-state index contributed by atoms with van der Waals surface area (Å²) in [6.07, 6.45) is -5.77. The Morgan fingerprint density at radius 1 is 1.41 bits per heavy atom. The number of ether oxygens (including phenoxy) is 1. The van der Waals surface area contributed by atoms with Crippen LogP contribution in [-0.4, -0.2) is 40.2 Å². The molecule has 1 aromatic carbocycles. The Morgan fingerprint density at radius 2 is 2.00 bits per heavy atom. The van der Waals surface area contributed by atoms with E-state index >= 15 is 0 Å². The van der Waals surface area contributed by atoms with Gasteiger partial charge in [0.1, 0.15) is 5.75 Å². The van der Waals surface area contributed by atoms with Crippen LogP contribution in [0.3, 0.4) is 0 Å². The summed E-state index contributed by atoms with van der Waals surface area (Å²) < 4.78 is 44.4. The van der Waals surface area contributed by atoms with Crippen LogP contribution in [0.25, 0.3) is 0 Å². The summed E-state index contributed by atoms with van der Waals surface area (Å²) in [5.74, 6) is -0.536.